The molecule has 9 rings (SSSR count). The quantitative estimate of drug-likeness (QED) is 0.151. The lowest BCUT2D eigenvalue weighted by Crippen LogP contribution is -2.09. The number of para-hydroxylation sites is 4. The van der Waals surface area contributed by atoms with Gasteiger partial charge in [-0.25, -0.2) is 0 Å². The van der Waals surface area contributed by atoms with Crippen LogP contribution in [0.15, 0.2) is 207 Å². The van der Waals surface area contributed by atoms with E-state index in [-0.39, 0.29) is 0 Å². The van der Waals surface area contributed by atoms with Crippen LogP contribution in [-0.2, 0) is 0 Å². The number of benzene rings is 7. The van der Waals surface area contributed by atoms with E-state index < -0.39 is 0 Å². The van der Waals surface area contributed by atoms with Crippen LogP contribution in [0.25, 0.3) is 44.1 Å². The zero-order chi connectivity index (χ0) is 34.7. The van der Waals surface area contributed by atoms with Gasteiger partial charge in [0, 0.05) is 57.3 Å². The number of hydrogen-bond donors (Lipinski definition) is 0. The Bertz CT molecular complexity index is 2330. The fraction of sp³-hybridized carbons (Fsp3) is 0. The van der Waals surface area contributed by atoms with E-state index in [1.165, 1.54) is 0 Å². The van der Waals surface area contributed by atoms with Crippen LogP contribution in [0.2, 0.25) is 0 Å². The van der Waals surface area contributed by atoms with Crippen molar-refractivity contribution >= 4 is 55.9 Å². The summed E-state index contributed by atoms with van der Waals surface area (Å²) in [7, 11) is 0. The monoisotopic (exact) mass is 666 g/mol. The average Bonchev–Trinajstić information content (AvgIpc) is 3.23. The molecule has 2 heterocycles. The summed E-state index contributed by atoms with van der Waals surface area (Å²) in [6.45, 7) is 0. The van der Waals surface area contributed by atoms with Crippen molar-refractivity contribution in [2.45, 2.75) is 0 Å². The molecule has 0 aliphatic heterocycles. The Labute approximate surface area is 303 Å². The molecule has 4 heteroatoms. The van der Waals surface area contributed by atoms with Crippen LogP contribution in [-0.4, -0.2) is 9.97 Å². The van der Waals surface area contributed by atoms with E-state index in [1.807, 2.05) is 36.7 Å². The first kappa shape index (κ1) is 31.0. The Kier molecular flexibility index (Phi) is 8.16. The topological polar surface area (TPSA) is 32.3 Å². The van der Waals surface area contributed by atoms with E-state index in [1.54, 1.807) is 0 Å². The van der Waals surface area contributed by atoms with Gasteiger partial charge in [0.05, 0.1) is 11.0 Å². The second-order valence-corrected chi connectivity index (χ2v) is 12.7. The highest BCUT2D eigenvalue weighted by Gasteiger charge is 2.16. The molecule has 0 N–H and O–H groups in total. The molecule has 0 atom stereocenters. The molecule has 0 fully saturated rings. The number of nitrogens with zero attached hydrogens (tertiary/aromatic N) is 4. The summed E-state index contributed by atoms with van der Waals surface area (Å²) in [6, 6.07) is 68.1. The first-order valence-electron chi connectivity index (χ1n) is 17.5. The molecule has 4 nitrogen and oxygen atoms in total. The fourth-order valence-corrected chi connectivity index (χ4v) is 7.11. The summed E-state index contributed by atoms with van der Waals surface area (Å²) in [6.07, 6.45) is 3.80. The summed E-state index contributed by atoms with van der Waals surface area (Å²) in [4.78, 5) is 14.3. The zero-order valence-corrected chi connectivity index (χ0v) is 28.4. The molecular formula is C48H34N4. The van der Waals surface area contributed by atoms with Crippen LogP contribution in [0.4, 0.5) is 34.1 Å². The molecule has 0 aliphatic rings. The van der Waals surface area contributed by atoms with Gasteiger partial charge in [-0.2, -0.15) is 0 Å². The van der Waals surface area contributed by atoms with E-state index in [2.05, 4.69) is 180 Å². The van der Waals surface area contributed by atoms with E-state index in [0.29, 0.717) is 0 Å². The van der Waals surface area contributed by atoms with Crippen molar-refractivity contribution in [3.05, 3.63) is 207 Å². The van der Waals surface area contributed by atoms with Crippen molar-refractivity contribution in [3.63, 3.8) is 0 Å². The molecule has 9 aromatic rings. The number of rotatable bonds is 8. The minimum Gasteiger partial charge on any atom is -0.311 e. The lowest BCUT2D eigenvalue weighted by molar-refractivity contribution is 1.28. The number of aromatic nitrogens is 2. The van der Waals surface area contributed by atoms with Gasteiger partial charge >= 0.3 is 0 Å². The molecule has 0 saturated heterocycles. The second-order valence-electron chi connectivity index (χ2n) is 12.7. The molecule has 0 spiro atoms. The SMILES string of the molecule is c1ccc(N(c2ccccc2)c2ccc(-c3ccnc4c3ccc3c(-c5ccc(N(c6ccccc6)c6ccccc6)cc5)ccnc34)cc2)cc1. The van der Waals surface area contributed by atoms with E-state index in [0.717, 1.165) is 78.2 Å². The van der Waals surface area contributed by atoms with Crippen LogP contribution >= 0.6 is 0 Å². The first-order valence-corrected chi connectivity index (χ1v) is 17.5. The highest BCUT2D eigenvalue weighted by molar-refractivity contribution is 6.11. The highest BCUT2D eigenvalue weighted by atomic mass is 15.1. The largest absolute Gasteiger partial charge is 0.311 e. The molecule has 0 aliphatic carbocycles. The predicted octanol–water partition coefficient (Wildman–Crippen LogP) is 13.1. The van der Waals surface area contributed by atoms with Gasteiger partial charge in [-0.15, -0.1) is 0 Å². The van der Waals surface area contributed by atoms with Crippen molar-refractivity contribution in [1.82, 2.24) is 9.97 Å². The Morgan fingerprint density at radius 2 is 0.558 bits per heavy atom. The smallest absolute Gasteiger partial charge is 0.0970 e. The number of fused-ring (bicyclic) bond motifs is 3. The van der Waals surface area contributed by atoms with Gasteiger partial charge in [0.1, 0.15) is 0 Å². The van der Waals surface area contributed by atoms with Crippen molar-refractivity contribution < 1.29 is 0 Å². The first-order chi connectivity index (χ1) is 25.8. The molecule has 0 saturated carbocycles. The fourth-order valence-electron chi connectivity index (χ4n) is 7.11. The Morgan fingerprint density at radius 3 is 0.865 bits per heavy atom. The van der Waals surface area contributed by atoms with Gasteiger partial charge in [0.15, 0.2) is 0 Å². The van der Waals surface area contributed by atoms with Crippen LogP contribution < -0.4 is 9.80 Å². The summed E-state index contributed by atoms with van der Waals surface area (Å²) in [5.74, 6) is 0. The minimum atomic E-state index is 0.895. The molecule has 0 amide bonds. The van der Waals surface area contributed by atoms with Gasteiger partial charge < -0.3 is 9.80 Å². The Balaban J connectivity index is 1.07. The standard InChI is InChI=1S/C48H34N4/c1-5-13-37(14-6-1)51(38-15-7-2-8-16-38)41-25-21-35(22-26-41)43-31-33-49-47-45(43)29-30-46-44(32-34-50-48(46)47)36-23-27-42(28-24-36)52(39-17-9-3-10-18-39)40-19-11-4-12-20-40/h1-34H. The maximum Gasteiger partial charge on any atom is 0.0970 e. The van der Waals surface area contributed by atoms with Crippen LogP contribution in [0.5, 0.6) is 0 Å². The Hall–Kier alpha value is -7.04. The van der Waals surface area contributed by atoms with Crippen LogP contribution in [0.3, 0.4) is 0 Å². The van der Waals surface area contributed by atoms with E-state index >= 15 is 0 Å². The minimum absolute atomic E-state index is 0.895. The summed E-state index contributed by atoms with van der Waals surface area (Å²) in [5, 5.41) is 2.15. The molecule has 0 unspecified atom stereocenters. The summed E-state index contributed by atoms with van der Waals surface area (Å²) < 4.78 is 0. The number of hydrogen-bond acceptors (Lipinski definition) is 4. The number of pyridine rings is 2. The average molecular weight is 667 g/mol. The third kappa shape index (κ3) is 5.82. The van der Waals surface area contributed by atoms with Crippen molar-refractivity contribution in [3.8, 4) is 22.3 Å². The van der Waals surface area contributed by atoms with Gasteiger partial charge in [0.25, 0.3) is 0 Å². The Morgan fingerprint density at radius 1 is 0.269 bits per heavy atom. The summed E-state index contributed by atoms with van der Waals surface area (Å²) in [5.41, 5.74) is 13.0. The highest BCUT2D eigenvalue weighted by Crippen LogP contribution is 2.40. The molecule has 0 bridgehead atoms. The van der Waals surface area contributed by atoms with Crippen molar-refractivity contribution in [1.29, 1.82) is 0 Å². The number of anilines is 6. The van der Waals surface area contributed by atoms with Crippen LogP contribution in [0, 0.1) is 0 Å². The molecule has 52 heavy (non-hydrogen) atoms. The third-order valence-corrected chi connectivity index (χ3v) is 9.55. The molecule has 7 aromatic carbocycles. The predicted molar refractivity (Wildman–Crippen MR) is 217 cm³/mol. The van der Waals surface area contributed by atoms with Gasteiger partial charge in [-0.1, -0.05) is 109 Å². The van der Waals surface area contributed by atoms with Crippen molar-refractivity contribution in [2.75, 3.05) is 9.80 Å². The zero-order valence-electron chi connectivity index (χ0n) is 28.4. The molecular weight excluding hydrogens is 633 g/mol. The van der Waals surface area contributed by atoms with Gasteiger partial charge in [0.2, 0.25) is 0 Å². The van der Waals surface area contributed by atoms with Gasteiger partial charge in [-0.05, 0) is 107 Å². The van der Waals surface area contributed by atoms with Crippen LogP contribution in [0.1, 0.15) is 0 Å². The molecule has 0 radical (unpaired) electrons. The normalized spacial score (nSPS) is 11.1. The lowest BCUT2D eigenvalue weighted by Gasteiger charge is -2.25. The molecule has 246 valence electrons. The van der Waals surface area contributed by atoms with E-state index in [9.17, 15) is 0 Å². The molecule has 2 aromatic heterocycles. The second kappa shape index (κ2) is 13.7. The maximum absolute atomic E-state index is 4.88. The third-order valence-electron chi connectivity index (χ3n) is 9.55. The summed E-state index contributed by atoms with van der Waals surface area (Å²) >= 11 is 0. The lowest BCUT2D eigenvalue weighted by atomic mass is 9.96. The maximum atomic E-state index is 4.88. The van der Waals surface area contributed by atoms with E-state index in [4.69, 9.17) is 9.97 Å². The van der Waals surface area contributed by atoms with Gasteiger partial charge in [-0.3, -0.25) is 9.97 Å². The van der Waals surface area contributed by atoms with Crippen molar-refractivity contribution in [2.24, 2.45) is 0 Å².